The summed E-state index contributed by atoms with van der Waals surface area (Å²) in [4.78, 5) is 7.58. The van der Waals surface area contributed by atoms with E-state index in [1.807, 2.05) is 25.1 Å². The van der Waals surface area contributed by atoms with E-state index in [1.165, 1.54) is 0 Å². The average molecular weight is 391 g/mol. The van der Waals surface area contributed by atoms with Crippen molar-refractivity contribution in [3.63, 3.8) is 0 Å². The van der Waals surface area contributed by atoms with E-state index in [4.69, 9.17) is 0 Å². The molecule has 0 aliphatic rings. The summed E-state index contributed by atoms with van der Waals surface area (Å²) in [5.74, 6) is 0.602. The number of allylic oxidation sites excluding steroid dienone is 1. The number of hydrogen-bond acceptors (Lipinski definition) is 3. The van der Waals surface area contributed by atoms with Crippen LogP contribution in [0.3, 0.4) is 0 Å². The second-order valence-corrected chi connectivity index (χ2v) is 5.89. The third kappa shape index (κ3) is 3.55. The largest absolute Gasteiger partial charge is 0.507 e. The number of aryl methyl sites for hydroxylation is 1. The lowest BCUT2D eigenvalue weighted by Gasteiger charge is -2.00. The molecule has 3 aromatic rings. The lowest BCUT2D eigenvalue weighted by Crippen LogP contribution is -1.85. The van der Waals surface area contributed by atoms with Crippen LogP contribution in [0.4, 0.5) is 0 Å². The molecule has 0 saturated heterocycles. The molecule has 23 heavy (non-hydrogen) atoms. The van der Waals surface area contributed by atoms with Gasteiger partial charge < -0.3 is 10.1 Å². The van der Waals surface area contributed by atoms with Crippen LogP contribution in [0.15, 0.2) is 40.9 Å². The molecular weight excluding hydrogens is 378 g/mol. The highest BCUT2D eigenvalue weighted by Crippen LogP contribution is 2.26. The van der Waals surface area contributed by atoms with Gasteiger partial charge in [-0.05, 0) is 48.9 Å². The van der Waals surface area contributed by atoms with Gasteiger partial charge in [-0.1, -0.05) is 22.0 Å². The van der Waals surface area contributed by atoms with E-state index >= 15 is 0 Å². The van der Waals surface area contributed by atoms with Crippen LogP contribution in [0.25, 0.3) is 22.7 Å². The zero-order valence-corrected chi connectivity index (χ0v) is 14.6. The van der Waals surface area contributed by atoms with Crippen molar-refractivity contribution >= 4 is 51.0 Å². The maximum absolute atomic E-state index is 9.90. The van der Waals surface area contributed by atoms with Crippen LogP contribution >= 0.6 is 28.3 Å². The smallest absolute Gasteiger partial charge is 0.149 e. The number of phenolic OH excluding ortho intramolecular Hbond substituents is 1. The lowest BCUT2D eigenvalue weighted by molar-refractivity contribution is 0.474. The third-order valence-corrected chi connectivity index (χ3v) is 3.80. The number of aromatic hydroxyl groups is 1. The van der Waals surface area contributed by atoms with Crippen LogP contribution in [0, 0.1) is 18.3 Å². The molecule has 2 aromatic carbocycles. The first-order valence-corrected chi connectivity index (χ1v) is 7.43. The highest BCUT2D eigenvalue weighted by molar-refractivity contribution is 9.10. The van der Waals surface area contributed by atoms with E-state index in [-0.39, 0.29) is 18.2 Å². The molecule has 6 heteroatoms. The minimum atomic E-state index is 0. The van der Waals surface area contributed by atoms with Gasteiger partial charge in [-0.15, -0.1) is 12.4 Å². The maximum Gasteiger partial charge on any atom is 0.149 e. The first-order valence-electron chi connectivity index (χ1n) is 6.64. The van der Waals surface area contributed by atoms with E-state index in [0.29, 0.717) is 17.0 Å². The Labute approximate surface area is 148 Å². The van der Waals surface area contributed by atoms with Crippen molar-refractivity contribution in [1.82, 2.24) is 9.97 Å². The number of benzene rings is 2. The number of rotatable bonds is 2. The van der Waals surface area contributed by atoms with E-state index in [9.17, 15) is 10.4 Å². The molecule has 0 unspecified atom stereocenters. The monoisotopic (exact) mass is 389 g/mol. The van der Waals surface area contributed by atoms with Crippen molar-refractivity contribution in [2.75, 3.05) is 0 Å². The molecule has 0 fully saturated rings. The van der Waals surface area contributed by atoms with Crippen molar-refractivity contribution in [2.24, 2.45) is 0 Å². The molecule has 0 aliphatic heterocycles. The van der Waals surface area contributed by atoms with Crippen LogP contribution in [0.5, 0.6) is 5.75 Å². The number of aromatic amines is 1. The fourth-order valence-corrected chi connectivity index (χ4v) is 2.58. The summed E-state index contributed by atoms with van der Waals surface area (Å²) < 4.78 is 0.828. The van der Waals surface area contributed by atoms with E-state index < -0.39 is 0 Å². The fourth-order valence-electron chi connectivity index (χ4n) is 2.20. The Morgan fingerprint density at radius 3 is 2.83 bits per heavy atom. The molecule has 0 bridgehead atoms. The number of phenols is 1. The van der Waals surface area contributed by atoms with E-state index in [2.05, 4.69) is 32.0 Å². The van der Waals surface area contributed by atoms with Crippen molar-refractivity contribution in [3.8, 4) is 11.8 Å². The number of imidazole rings is 1. The van der Waals surface area contributed by atoms with Gasteiger partial charge in [0.25, 0.3) is 0 Å². The molecule has 2 N–H and O–H groups in total. The minimum absolute atomic E-state index is 0. The summed E-state index contributed by atoms with van der Waals surface area (Å²) in [6.45, 7) is 2.00. The number of nitrogens with one attached hydrogen (secondary N) is 1. The summed E-state index contributed by atoms with van der Waals surface area (Å²) in [6.07, 6.45) is 1.62. The molecule has 0 spiro atoms. The molecular formula is C17H13BrClN3O. The van der Waals surface area contributed by atoms with E-state index in [1.54, 1.807) is 24.3 Å². The highest BCUT2D eigenvalue weighted by Gasteiger charge is 2.09. The predicted molar refractivity (Wildman–Crippen MR) is 97.4 cm³/mol. The van der Waals surface area contributed by atoms with Gasteiger partial charge in [0.2, 0.25) is 0 Å². The minimum Gasteiger partial charge on any atom is -0.507 e. The van der Waals surface area contributed by atoms with Crippen molar-refractivity contribution in [1.29, 1.82) is 5.26 Å². The number of aromatic nitrogens is 2. The van der Waals surface area contributed by atoms with Crippen molar-refractivity contribution in [3.05, 3.63) is 57.8 Å². The Kier molecular flexibility index (Phi) is 5.09. The molecule has 1 aromatic heterocycles. The molecule has 0 saturated carbocycles. The molecule has 0 atom stereocenters. The number of halogens is 2. The molecule has 0 aliphatic carbocycles. The Morgan fingerprint density at radius 1 is 1.30 bits per heavy atom. The Balaban J connectivity index is 0.00000192. The van der Waals surface area contributed by atoms with Crippen molar-refractivity contribution in [2.45, 2.75) is 6.92 Å². The van der Waals surface area contributed by atoms with Gasteiger partial charge in [0.15, 0.2) is 0 Å². The number of hydrogen-bond donors (Lipinski definition) is 2. The number of nitriles is 1. The Hall–Kier alpha value is -2.29. The van der Waals surface area contributed by atoms with Gasteiger partial charge in [0.05, 0.1) is 16.6 Å². The molecule has 4 nitrogen and oxygen atoms in total. The van der Waals surface area contributed by atoms with Gasteiger partial charge in [-0.3, -0.25) is 0 Å². The lowest BCUT2D eigenvalue weighted by atomic mass is 10.1. The van der Waals surface area contributed by atoms with Gasteiger partial charge in [-0.2, -0.15) is 5.26 Å². The predicted octanol–water partition coefficient (Wildman–Crippen LogP) is 4.83. The molecule has 0 amide bonds. The van der Waals surface area contributed by atoms with Crippen LogP contribution in [-0.4, -0.2) is 15.1 Å². The Morgan fingerprint density at radius 2 is 2.09 bits per heavy atom. The standard InChI is InChI=1S/C17H12BrN3O.ClH/c1-10-2-4-14-15(6-10)21-17(20-14)12(9-19)7-11-8-13(18)3-5-16(11)22;/h2-8,22H,1H3,(H,20,21);1H. The highest BCUT2D eigenvalue weighted by atomic mass is 79.9. The van der Waals surface area contributed by atoms with Crippen LogP contribution in [-0.2, 0) is 0 Å². The van der Waals surface area contributed by atoms with Crippen molar-refractivity contribution < 1.29 is 5.11 Å². The zero-order chi connectivity index (χ0) is 15.7. The topological polar surface area (TPSA) is 72.7 Å². The van der Waals surface area contributed by atoms with Gasteiger partial charge in [0, 0.05) is 10.0 Å². The molecule has 116 valence electrons. The first kappa shape index (κ1) is 17.1. The summed E-state index contributed by atoms with van der Waals surface area (Å²) in [6, 6.07) is 13.1. The van der Waals surface area contributed by atoms with Crippen LogP contribution in [0.1, 0.15) is 17.0 Å². The number of H-pyrrole nitrogens is 1. The van der Waals surface area contributed by atoms with E-state index in [0.717, 1.165) is 21.1 Å². The van der Waals surface area contributed by atoms with Gasteiger partial charge in [-0.25, -0.2) is 4.98 Å². The summed E-state index contributed by atoms with van der Waals surface area (Å²) in [7, 11) is 0. The Bertz CT molecular complexity index is 941. The zero-order valence-electron chi connectivity index (χ0n) is 12.2. The van der Waals surface area contributed by atoms with Crippen LogP contribution in [0.2, 0.25) is 0 Å². The van der Waals surface area contributed by atoms with Gasteiger partial charge in [0.1, 0.15) is 17.6 Å². The molecule has 1 heterocycles. The molecule has 0 radical (unpaired) electrons. The second-order valence-electron chi connectivity index (χ2n) is 4.98. The second kappa shape index (κ2) is 6.86. The summed E-state index contributed by atoms with van der Waals surface area (Å²) in [5, 5.41) is 19.3. The fraction of sp³-hybridized carbons (Fsp3) is 0.0588. The third-order valence-electron chi connectivity index (χ3n) is 3.30. The first-order chi connectivity index (χ1) is 10.6. The normalized spacial score (nSPS) is 11.1. The number of nitrogens with zero attached hydrogens (tertiary/aromatic N) is 2. The van der Waals surface area contributed by atoms with Crippen LogP contribution < -0.4 is 0 Å². The van der Waals surface area contributed by atoms with Gasteiger partial charge >= 0.3 is 0 Å². The molecule has 3 rings (SSSR count). The summed E-state index contributed by atoms with van der Waals surface area (Å²) >= 11 is 3.35. The maximum atomic E-state index is 9.90. The number of fused-ring (bicyclic) bond motifs is 1. The summed E-state index contributed by atoms with van der Waals surface area (Å²) in [5.41, 5.74) is 3.73. The quantitative estimate of drug-likeness (QED) is 0.616. The SMILES string of the molecule is Cc1ccc2nc(C(C#N)=Cc3cc(Br)ccc3O)[nH]c2c1.Cl. The average Bonchev–Trinajstić information content (AvgIpc) is 2.90.